The first kappa shape index (κ1) is 10.4. The molecule has 0 N–H and O–H groups in total. The standard InChI is InChI=1S/C7H10ClFO2/c1-5(8)4-11-6(10)7(2,3)9/h1,4H2,2-3H3. The molecule has 0 aromatic rings. The van der Waals surface area contributed by atoms with E-state index in [1.54, 1.807) is 0 Å². The Balaban J connectivity index is 3.80. The second-order valence-corrected chi connectivity index (χ2v) is 3.10. The van der Waals surface area contributed by atoms with Crippen LogP contribution in [0, 0.1) is 0 Å². The van der Waals surface area contributed by atoms with Crippen LogP contribution in [-0.4, -0.2) is 18.2 Å². The molecule has 0 saturated heterocycles. The third kappa shape index (κ3) is 4.79. The van der Waals surface area contributed by atoms with Crippen LogP contribution in [0.5, 0.6) is 0 Å². The smallest absolute Gasteiger partial charge is 0.343 e. The van der Waals surface area contributed by atoms with Gasteiger partial charge in [-0.2, -0.15) is 0 Å². The molecule has 11 heavy (non-hydrogen) atoms. The zero-order valence-corrected chi connectivity index (χ0v) is 7.24. The van der Waals surface area contributed by atoms with Gasteiger partial charge in [0.25, 0.3) is 0 Å². The minimum absolute atomic E-state index is 0.145. The van der Waals surface area contributed by atoms with Crippen LogP contribution in [0.4, 0.5) is 4.39 Å². The van der Waals surface area contributed by atoms with Gasteiger partial charge in [-0.3, -0.25) is 0 Å². The second kappa shape index (κ2) is 3.72. The number of rotatable bonds is 3. The van der Waals surface area contributed by atoms with Crippen molar-refractivity contribution in [1.29, 1.82) is 0 Å². The fraction of sp³-hybridized carbons (Fsp3) is 0.571. The monoisotopic (exact) mass is 180 g/mol. The van der Waals surface area contributed by atoms with Crippen molar-refractivity contribution in [3.8, 4) is 0 Å². The molecule has 0 radical (unpaired) electrons. The maximum absolute atomic E-state index is 12.7. The average molecular weight is 181 g/mol. The van der Waals surface area contributed by atoms with Gasteiger partial charge >= 0.3 is 5.97 Å². The summed E-state index contributed by atoms with van der Waals surface area (Å²) >= 11 is 5.28. The maximum atomic E-state index is 12.7. The van der Waals surface area contributed by atoms with E-state index in [1.165, 1.54) is 0 Å². The summed E-state index contributed by atoms with van der Waals surface area (Å²) in [7, 11) is 0. The summed E-state index contributed by atoms with van der Waals surface area (Å²) in [6.07, 6.45) is 0. The number of halogens is 2. The molecule has 0 fully saturated rings. The van der Waals surface area contributed by atoms with Gasteiger partial charge in [-0.1, -0.05) is 18.2 Å². The van der Waals surface area contributed by atoms with Gasteiger partial charge in [-0.15, -0.1) is 0 Å². The maximum Gasteiger partial charge on any atom is 0.343 e. The van der Waals surface area contributed by atoms with E-state index in [1.807, 2.05) is 0 Å². The van der Waals surface area contributed by atoms with Gasteiger partial charge in [0, 0.05) is 5.03 Å². The molecule has 0 amide bonds. The van der Waals surface area contributed by atoms with Crippen molar-refractivity contribution in [3.05, 3.63) is 11.6 Å². The highest BCUT2D eigenvalue weighted by atomic mass is 35.5. The van der Waals surface area contributed by atoms with Crippen LogP contribution in [0.15, 0.2) is 11.6 Å². The van der Waals surface area contributed by atoms with E-state index in [9.17, 15) is 9.18 Å². The Bertz CT molecular complexity index is 172. The largest absolute Gasteiger partial charge is 0.458 e. The van der Waals surface area contributed by atoms with Crippen LogP contribution in [0.2, 0.25) is 0 Å². The minimum Gasteiger partial charge on any atom is -0.458 e. The third-order valence-electron chi connectivity index (χ3n) is 0.845. The molecule has 64 valence electrons. The molecule has 2 nitrogen and oxygen atoms in total. The van der Waals surface area contributed by atoms with Crippen molar-refractivity contribution in [3.63, 3.8) is 0 Å². The van der Waals surface area contributed by atoms with Crippen LogP contribution in [0.25, 0.3) is 0 Å². The highest BCUT2D eigenvalue weighted by molar-refractivity contribution is 6.29. The third-order valence-corrected chi connectivity index (χ3v) is 0.954. The summed E-state index contributed by atoms with van der Waals surface area (Å²) in [4.78, 5) is 10.7. The first-order valence-electron chi connectivity index (χ1n) is 3.03. The molecule has 0 saturated carbocycles. The molecule has 0 aliphatic heterocycles. The Morgan fingerprint density at radius 1 is 1.73 bits per heavy atom. The molecular weight excluding hydrogens is 171 g/mol. The first-order valence-corrected chi connectivity index (χ1v) is 3.41. The predicted octanol–water partition coefficient (Wildman–Crippen LogP) is 2.03. The van der Waals surface area contributed by atoms with Crippen LogP contribution in [-0.2, 0) is 9.53 Å². The highest BCUT2D eigenvalue weighted by Crippen LogP contribution is 2.11. The Hall–Kier alpha value is -0.570. The van der Waals surface area contributed by atoms with Crippen LogP contribution < -0.4 is 0 Å². The van der Waals surface area contributed by atoms with E-state index >= 15 is 0 Å². The van der Waals surface area contributed by atoms with Crippen molar-refractivity contribution in [2.75, 3.05) is 6.61 Å². The van der Waals surface area contributed by atoms with E-state index in [0.717, 1.165) is 13.8 Å². The highest BCUT2D eigenvalue weighted by Gasteiger charge is 2.28. The van der Waals surface area contributed by atoms with Gasteiger partial charge in [0.2, 0.25) is 5.67 Å². The molecule has 0 aromatic carbocycles. The SMILES string of the molecule is C=C(Cl)COC(=O)C(C)(C)F. The molecule has 0 aliphatic rings. The van der Waals surface area contributed by atoms with E-state index < -0.39 is 11.6 Å². The van der Waals surface area contributed by atoms with Gasteiger partial charge in [-0.25, -0.2) is 9.18 Å². The summed E-state index contributed by atoms with van der Waals surface area (Å²) < 4.78 is 17.1. The summed E-state index contributed by atoms with van der Waals surface area (Å²) in [6, 6.07) is 0. The number of ether oxygens (including phenoxy) is 1. The van der Waals surface area contributed by atoms with Gasteiger partial charge in [0.1, 0.15) is 6.61 Å². The lowest BCUT2D eigenvalue weighted by Crippen LogP contribution is -2.28. The first-order chi connectivity index (χ1) is 4.84. The molecular formula is C7H10ClFO2. The summed E-state index contributed by atoms with van der Waals surface area (Å²) in [5, 5.41) is 0.169. The van der Waals surface area contributed by atoms with E-state index in [2.05, 4.69) is 11.3 Å². The van der Waals surface area contributed by atoms with E-state index in [0.29, 0.717) is 0 Å². The topological polar surface area (TPSA) is 26.3 Å². The molecule has 0 aliphatic carbocycles. The van der Waals surface area contributed by atoms with Crippen LogP contribution >= 0.6 is 11.6 Å². The fourth-order valence-electron chi connectivity index (χ4n) is 0.315. The molecule has 0 unspecified atom stereocenters. The number of carbonyl (C=O) groups is 1. The number of esters is 1. The number of alkyl halides is 1. The predicted molar refractivity (Wildman–Crippen MR) is 41.1 cm³/mol. The second-order valence-electron chi connectivity index (χ2n) is 2.57. The minimum atomic E-state index is -1.97. The zero-order valence-electron chi connectivity index (χ0n) is 6.49. The van der Waals surface area contributed by atoms with Crippen molar-refractivity contribution in [1.82, 2.24) is 0 Å². The summed E-state index contributed by atoms with van der Waals surface area (Å²) in [5.74, 6) is -0.931. The van der Waals surface area contributed by atoms with Gasteiger partial charge in [0.05, 0.1) is 0 Å². The van der Waals surface area contributed by atoms with Crippen molar-refractivity contribution < 1.29 is 13.9 Å². The quantitative estimate of drug-likeness (QED) is 0.622. The Morgan fingerprint density at radius 3 is 2.45 bits per heavy atom. The summed E-state index contributed by atoms with van der Waals surface area (Å²) in [6.45, 7) is 5.36. The Labute approximate surface area is 70.0 Å². The lowest BCUT2D eigenvalue weighted by atomic mass is 10.2. The fourth-order valence-corrected chi connectivity index (χ4v) is 0.370. The normalized spacial score (nSPS) is 10.9. The summed E-state index contributed by atoms with van der Waals surface area (Å²) in [5.41, 5.74) is -1.97. The molecule has 0 atom stereocenters. The number of carbonyl (C=O) groups excluding carboxylic acids is 1. The molecule has 0 aromatic heterocycles. The Kier molecular flexibility index (Phi) is 3.52. The number of hydrogen-bond acceptors (Lipinski definition) is 2. The van der Waals surface area contributed by atoms with E-state index in [-0.39, 0.29) is 11.6 Å². The van der Waals surface area contributed by atoms with Crippen LogP contribution in [0.3, 0.4) is 0 Å². The zero-order chi connectivity index (χ0) is 9.07. The van der Waals surface area contributed by atoms with Crippen molar-refractivity contribution >= 4 is 17.6 Å². The van der Waals surface area contributed by atoms with Gasteiger partial charge in [-0.05, 0) is 13.8 Å². The molecule has 4 heteroatoms. The van der Waals surface area contributed by atoms with Crippen molar-refractivity contribution in [2.45, 2.75) is 19.5 Å². The lowest BCUT2D eigenvalue weighted by Gasteiger charge is -2.11. The molecule has 0 bridgehead atoms. The molecule has 0 spiro atoms. The van der Waals surface area contributed by atoms with Crippen LogP contribution in [0.1, 0.15) is 13.8 Å². The van der Waals surface area contributed by atoms with Gasteiger partial charge in [0.15, 0.2) is 0 Å². The number of hydrogen-bond donors (Lipinski definition) is 0. The van der Waals surface area contributed by atoms with E-state index in [4.69, 9.17) is 11.6 Å². The van der Waals surface area contributed by atoms with Gasteiger partial charge < -0.3 is 4.74 Å². The lowest BCUT2D eigenvalue weighted by molar-refractivity contribution is -0.154. The molecule has 0 heterocycles. The average Bonchev–Trinajstić information content (AvgIpc) is 1.80. The van der Waals surface area contributed by atoms with Crippen molar-refractivity contribution in [2.24, 2.45) is 0 Å². The Morgan fingerprint density at radius 2 is 2.18 bits per heavy atom. The molecule has 0 rings (SSSR count).